The molecule has 1 atom stereocenters. The molecule has 2 aromatic heterocycles. The van der Waals surface area contributed by atoms with E-state index in [-0.39, 0.29) is 5.41 Å². The molecule has 7 heteroatoms. The molecule has 1 N–H and O–H groups in total. The highest BCUT2D eigenvalue weighted by atomic mass is 16.5. The van der Waals surface area contributed by atoms with Crippen LogP contribution in [0.15, 0.2) is 30.3 Å². The first-order chi connectivity index (χ1) is 15.0. The van der Waals surface area contributed by atoms with Gasteiger partial charge >= 0.3 is 0 Å². The second-order valence-corrected chi connectivity index (χ2v) is 9.46. The van der Waals surface area contributed by atoms with Gasteiger partial charge in [0.15, 0.2) is 0 Å². The van der Waals surface area contributed by atoms with Crippen molar-refractivity contribution in [2.45, 2.75) is 51.6 Å². The van der Waals surface area contributed by atoms with Crippen LogP contribution in [-0.2, 0) is 27.9 Å². The van der Waals surface area contributed by atoms with Crippen LogP contribution in [0.1, 0.15) is 50.1 Å². The van der Waals surface area contributed by atoms with E-state index in [1.807, 2.05) is 6.07 Å². The summed E-state index contributed by atoms with van der Waals surface area (Å²) in [6.07, 6.45) is 4.85. The third kappa shape index (κ3) is 3.55. The predicted octanol–water partition coefficient (Wildman–Crippen LogP) is 4.10. The number of rotatable bonds is 5. The molecule has 1 aliphatic heterocycles. The number of fused-ring (bicyclic) bond motifs is 1. The molecule has 5 rings (SSSR count). The molecule has 7 nitrogen and oxygen atoms in total. The van der Waals surface area contributed by atoms with Crippen LogP contribution in [0, 0.1) is 5.41 Å². The van der Waals surface area contributed by atoms with E-state index in [9.17, 15) is 0 Å². The van der Waals surface area contributed by atoms with Crippen molar-refractivity contribution < 1.29 is 9.47 Å². The number of nitrogens with one attached hydrogen (secondary N) is 1. The van der Waals surface area contributed by atoms with Gasteiger partial charge in [-0.1, -0.05) is 44.2 Å². The van der Waals surface area contributed by atoms with Crippen LogP contribution in [0.5, 0.6) is 0 Å². The Balaban J connectivity index is 1.86. The fourth-order valence-electron chi connectivity index (χ4n) is 5.13. The summed E-state index contributed by atoms with van der Waals surface area (Å²) in [4.78, 5) is 5.27. The Labute approximate surface area is 182 Å². The minimum Gasteiger partial charge on any atom is -0.381 e. The molecule has 3 heterocycles. The average molecular weight is 420 g/mol. The number of tetrazole rings is 1. The van der Waals surface area contributed by atoms with Gasteiger partial charge in [0.2, 0.25) is 5.82 Å². The second kappa shape index (κ2) is 7.80. The van der Waals surface area contributed by atoms with Gasteiger partial charge in [-0.25, -0.2) is 0 Å². The summed E-state index contributed by atoms with van der Waals surface area (Å²) < 4.78 is 12.0. The van der Waals surface area contributed by atoms with Crippen molar-refractivity contribution >= 4 is 0 Å². The Kier molecular flexibility index (Phi) is 5.10. The Morgan fingerprint density at radius 3 is 2.65 bits per heavy atom. The van der Waals surface area contributed by atoms with E-state index >= 15 is 0 Å². The molecular weight excluding hydrogens is 390 g/mol. The fraction of sp³-hybridized carbons (Fsp3) is 0.500. The zero-order valence-electron chi connectivity index (χ0n) is 18.4. The van der Waals surface area contributed by atoms with Crippen LogP contribution in [0.2, 0.25) is 0 Å². The first kappa shape index (κ1) is 20.3. The molecule has 1 saturated heterocycles. The van der Waals surface area contributed by atoms with Crippen LogP contribution >= 0.6 is 0 Å². The highest BCUT2D eigenvalue weighted by molar-refractivity contribution is 5.86. The molecule has 0 radical (unpaired) electrons. The molecule has 162 valence electrons. The Bertz CT molecular complexity index is 1060. The van der Waals surface area contributed by atoms with Crippen LogP contribution < -0.4 is 0 Å². The minimum atomic E-state index is -0.601. The number of aromatic amines is 1. The monoisotopic (exact) mass is 419 g/mol. The summed E-state index contributed by atoms with van der Waals surface area (Å²) in [5, 5.41) is 15.3. The molecule has 0 unspecified atom stereocenters. The largest absolute Gasteiger partial charge is 0.381 e. The highest BCUT2D eigenvalue weighted by Crippen LogP contribution is 2.48. The summed E-state index contributed by atoms with van der Waals surface area (Å²) in [6, 6.07) is 10.5. The number of pyridine rings is 1. The van der Waals surface area contributed by atoms with E-state index in [4.69, 9.17) is 14.5 Å². The summed E-state index contributed by atoms with van der Waals surface area (Å²) in [7, 11) is 1.72. The Morgan fingerprint density at radius 1 is 1.13 bits per heavy atom. The lowest BCUT2D eigenvalue weighted by Gasteiger charge is -2.36. The van der Waals surface area contributed by atoms with Gasteiger partial charge in [-0.3, -0.25) is 4.98 Å². The molecule has 0 amide bonds. The summed E-state index contributed by atoms with van der Waals surface area (Å²) >= 11 is 0. The second-order valence-electron chi connectivity index (χ2n) is 9.46. The summed E-state index contributed by atoms with van der Waals surface area (Å²) in [6.45, 7) is 5.81. The normalized spacial score (nSPS) is 22.4. The lowest BCUT2D eigenvalue weighted by Crippen LogP contribution is -2.34. The number of nitrogens with zero attached hydrogens (tertiary/aromatic N) is 4. The van der Waals surface area contributed by atoms with E-state index in [1.54, 1.807) is 7.11 Å². The lowest BCUT2D eigenvalue weighted by molar-refractivity contribution is -0.0586. The van der Waals surface area contributed by atoms with Gasteiger partial charge in [0.25, 0.3) is 0 Å². The van der Waals surface area contributed by atoms with Crippen LogP contribution in [0.25, 0.3) is 22.5 Å². The van der Waals surface area contributed by atoms with Crippen LogP contribution in [0.3, 0.4) is 0 Å². The number of benzene rings is 1. The standard InChI is InChI=1S/C24H29N5O2/c1-23(2)12-10-18-17(14-23)19(16-8-5-4-6-9-16)20(22-26-28-29-27-22)21(25-18)24(15-30-3)11-7-13-31-24/h4-6,8-9H,7,10-15H2,1-3H3,(H,26,27,28,29)/t24-/m1/s1. The third-order valence-corrected chi connectivity index (χ3v) is 6.62. The molecule has 0 bridgehead atoms. The maximum atomic E-state index is 6.35. The average Bonchev–Trinajstić information content (AvgIpc) is 3.46. The first-order valence-electron chi connectivity index (χ1n) is 11.0. The van der Waals surface area contributed by atoms with Crippen molar-refractivity contribution in [1.29, 1.82) is 0 Å². The smallest absolute Gasteiger partial charge is 0.207 e. The Hall–Kier alpha value is -2.64. The molecule has 1 aliphatic carbocycles. The molecular formula is C24H29N5O2. The summed E-state index contributed by atoms with van der Waals surface area (Å²) in [5.74, 6) is 0.554. The fourth-order valence-corrected chi connectivity index (χ4v) is 5.13. The number of aromatic nitrogens is 5. The van der Waals surface area contributed by atoms with E-state index < -0.39 is 5.60 Å². The number of H-pyrrole nitrogens is 1. The van der Waals surface area contributed by atoms with Crippen LogP contribution in [0.4, 0.5) is 0 Å². The number of aryl methyl sites for hydroxylation is 1. The van der Waals surface area contributed by atoms with Crippen molar-refractivity contribution in [2.24, 2.45) is 5.41 Å². The van der Waals surface area contributed by atoms with Gasteiger partial charge in [-0.05, 0) is 59.4 Å². The lowest BCUT2D eigenvalue weighted by atomic mass is 9.72. The zero-order chi connectivity index (χ0) is 21.5. The molecule has 0 saturated carbocycles. The number of ether oxygens (including phenoxy) is 2. The van der Waals surface area contributed by atoms with Gasteiger partial charge in [0, 0.05) is 19.4 Å². The molecule has 1 fully saturated rings. The highest BCUT2D eigenvalue weighted by Gasteiger charge is 2.44. The zero-order valence-corrected chi connectivity index (χ0v) is 18.4. The van der Waals surface area contributed by atoms with Gasteiger partial charge in [0.05, 0.1) is 17.9 Å². The predicted molar refractivity (Wildman–Crippen MR) is 117 cm³/mol. The van der Waals surface area contributed by atoms with Gasteiger partial charge < -0.3 is 9.47 Å². The Morgan fingerprint density at radius 2 is 1.97 bits per heavy atom. The van der Waals surface area contributed by atoms with E-state index in [0.717, 1.165) is 60.2 Å². The SMILES string of the molecule is COC[C@@]1(c2nc3c(c(-c4ccccc4)c2-c2nn[nH]n2)CC(C)(C)CC3)CCCO1. The quantitative estimate of drug-likeness (QED) is 0.670. The van der Waals surface area contributed by atoms with E-state index in [2.05, 4.69) is 58.7 Å². The number of methoxy groups -OCH3 is 1. The van der Waals surface area contributed by atoms with E-state index in [1.165, 1.54) is 5.56 Å². The van der Waals surface area contributed by atoms with Crippen molar-refractivity contribution in [3.63, 3.8) is 0 Å². The number of hydrogen-bond acceptors (Lipinski definition) is 6. The molecule has 31 heavy (non-hydrogen) atoms. The summed E-state index contributed by atoms with van der Waals surface area (Å²) in [5.41, 5.74) is 6.15. The molecule has 0 spiro atoms. The molecule has 3 aromatic rings. The van der Waals surface area contributed by atoms with Crippen molar-refractivity contribution in [1.82, 2.24) is 25.6 Å². The van der Waals surface area contributed by atoms with Crippen molar-refractivity contribution in [2.75, 3.05) is 20.3 Å². The van der Waals surface area contributed by atoms with Gasteiger partial charge in [-0.15, -0.1) is 10.2 Å². The van der Waals surface area contributed by atoms with Gasteiger partial charge in [-0.2, -0.15) is 5.21 Å². The maximum Gasteiger partial charge on any atom is 0.207 e. The first-order valence-corrected chi connectivity index (χ1v) is 11.0. The molecule has 1 aromatic carbocycles. The van der Waals surface area contributed by atoms with Crippen LogP contribution in [-0.4, -0.2) is 45.9 Å². The van der Waals surface area contributed by atoms with Crippen molar-refractivity contribution in [3.05, 3.63) is 47.3 Å². The van der Waals surface area contributed by atoms with Gasteiger partial charge in [0.1, 0.15) is 5.60 Å². The topological polar surface area (TPSA) is 85.8 Å². The van der Waals surface area contributed by atoms with Crippen molar-refractivity contribution in [3.8, 4) is 22.5 Å². The molecule has 2 aliphatic rings. The maximum absolute atomic E-state index is 6.35. The third-order valence-electron chi connectivity index (χ3n) is 6.62. The van der Waals surface area contributed by atoms with E-state index in [0.29, 0.717) is 19.0 Å². The number of hydrogen-bond donors (Lipinski definition) is 1. The minimum absolute atomic E-state index is 0.211.